The third kappa shape index (κ3) is 5.93. The zero-order valence-electron chi connectivity index (χ0n) is 11.5. The Morgan fingerprint density at radius 3 is 2.42 bits per heavy atom. The molecule has 0 aliphatic rings. The van der Waals surface area contributed by atoms with Gasteiger partial charge in [0, 0.05) is 11.9 Å². The molecule has 0 aliphatic heterocycles. The highest BCUT2D eigenvalue weighted by atomic mass is 35.5. The van der Waals surface area contributed by atoms with Gasteiger partial charge in [0.25, 0.3) is 0 Å². The van der Waals surface area contributed by atoms with Crippen molar-refractivity contribution in [1.29, 1.82) is 0 Å². The van der Waals surface area contributed by atoms with Crippen molar-refractivity contribution in [3.63, 3.8) is 0 Å². The van der Waals surface area contributed by atoms with Crippen LogP contribution in [0.3, 0.4) is 0 Å². The second kappa shape index (κ2) is 7.88. The first-order valence-corrected chi connectivity index (χ1v) is 8.78. The molecule has 108 valence electrons. The molecule has 1 rings (SSSR count). The number of benzene rings is 1. The van der Waals surface area contributed by atoms with Crippen LogP contribution >= 0.6 is 11.6 Å². The van der Waals surface area contributed by atoms with Gasteiger partial charge in [0.15, 0.2) is 0 Å². The van der Waals surface area contributed by atoms with Crippen LogP contribution in [0.25, 0.3) is 0 Å². The third-order valence-electron chi connectivity index (χ3n) is 2.87. The van der Waals surface area contributed by atoms with E-state index in [1.165, 1.54) is 0 Å². The molecule has 0 amide bonds. The fraction of sp³-hybridized carbons (Fsp3) is 0.571. The second-order valence-corrected chi connectivity index (χ2v) is 7.02. The van der Waals surface area contributed by atoms with Crippen molar-refractivity contribution in [2.24, 2.45) is 5.92 Å². The number of nitrogens with one attached hydrogen (secondary N) is 1. The SMILES string of the molecule is CCCC(NS(=O)(=O)CC(C)CCl)c1ccccc1. The summed E-state index contributed by atoms with van der Waals surface area (Å²) in [6, 6.07) is 9.53. The fourth-order valence-electron chi connectivity index (χ4n) is 1.95. The lowest BCUT2D eigenvalue weighted by atomic mass is 10.0. The topological polar surface area (TPSA) is 46.2 Å². The normalized spacial score (nSPS) is 15.1. The molecule has 5 heteroatoms. The molecule has 0 saturated carbocycles. The molecule has 19 heavy (non-hydrogen) atoms. The average Bonchev–Trinajstić information content (AvgIpc) is 2.38. The maximum absolute atomic E-state index is 12.1. The molecule has 1 aromatic rings. The lowest BCUT2D eigenvalue weighted by molar-refractivity contribution is 0.528. The van der Waals surface area contributed by atoms with Crippen LogP contribution in [0.1, 0.15) is 38.3 Å². The molecule has 0 bridgehead atoms. The van der Waals surface area contributed by atoms with Crippen LogP contribution in [0.2, 0.25) is 0 Å². The van der Waals surface area contributed by atoms with Crippen LogP contribution < -0.4 is 4.72 Å². The third-order valence-corrected chi connectivity index (χ3v) is 5.05. The van der Waals surface area contributed by atoms with Gasteiger partial charge in [0.1, 0.15) is 0 Å². The monoisotopic (exact) mass is 303 g/mol. The minimum atomic E-state index is -3.30. The quantitative estimate of drug-likeness (QED) is 0.749. The van der Waals surface area contributed by atoms with E-state index >= 15 is 0 Å². The van der Waals surface area contributed by atoms with Crippen molar-refractivity contribution in [1.82, 2.24) is 4.72 Å². The molecule has 2 atom stereocenters. The Labute approximate surface area is 121 Å². The van der Waals surface area contributed by atoms with E-state index in [2.05, 4.69) is 4.72 Å². The van der Waals surface area contributed by atoms with Crippen LogP contribution in [-0.4, -0.2) is 20.1 Å². The number of alkyl halides is 1. The summed E-state index contributed by atoms with van der Waals surface area (Å²) in [6.07, 6.45) is 1.71. The molecule has 3 nitrogen and oxygen atoms in total. The largest absolute Gasteiger partial charge is 0.212 e. The summed E-state index contributed by atoms with van der Waals surface area (Å²) in [6.45, 7) is 3.88. The van der Waals surface area contributed by atoms with Crippen LogP contribution in [0.15, 0.2) is 30.3 Å². The molecule has 2 unspecified atom stereocenters. The van der Waals surface area contributed by atoms with Gasteiger partial charge in [0.2, 0.25) is 10.0 Å². The van der Waals surface area contributed by atoms with E-state index in [0.29, 0.717) is 5.88 Å². The summed E-state index contributed by atoms with van der Waals surface area (Å²) in [5.41, 5.74) is 1.01. The summed E-state index contributed by atoms with van der Waals surface area (Å²) in [5.74, 6) is 0.381. The molecular formula is C14H22ClNO2S. The summed E-state index contributed by atoms with van der Waals surface area (Å²) in [7, 11) is -3.30. The van der Waals surface area contributed by atoms with E-state index < -0.39 is 10.0 Å². The van der Waals surface area contributed by atoms with Crippen molar-refractivity contribution in [3.05, 3.63) is 35.9 Å². The molecule has 0 aromatic heterocycles. The summed E-state index contributed by atoms with van der Waals surface area (Å²) in [5, 5.41) is 0. The first-order valence-electron chi connectivity index (χ1n) is 6.59. The number of hydrogen-bond acceptors (Lipinski definition) is 2. The molecule has 0 radical (unpaired) electrons. The molecule has 0 saturated heterocycles. The Morgan fingerprint density at radius 2 is 1.89 bits per heavy atom. The zero-order valence-corrected chi connectivity index (χ0v) is 13.0. The van der Waals surface area contributed by atoms with Gasteiger partial charge >= 0.3 is 0 Å². The maximum Gasteiger partial charge on any atom is 0.212 e. The van der Waals surface area contributed by atoms with Gasteiger partial charge in [-0.2, -0.15) is 0 Å². The number of hydrogen-bond donors (Lipinski definition) is 1. The molecule has 0 heterocycles. The zero-order chi connectivity index (χ0) is 14.3. The van der Waals surface area contributed by atoms with E-state index in [-0.39, 0.29) is 17.7 Å². The molecule has 1 N–H and O–H groups in total. The van der Waals surface area contributed by atoms with Crippen molar-refractivity contribution >= 4 is 21.6 Å². The summed E-state index contributed by atoms with van der Waals surface area (Å²) >= 11 is 5.68. The number of rotatable bonds is 8. The van der Waals surface area contributed by atoms with Crippen molar-refractivity contribution < 1.29 is 8.42 Å². The highest BCUT2D eigenvalue weighted by Gasteiger charge is 2.20. The predicted molar refractivity (Wildman–Crippen MR) is 80.9 cm³/mol. The highest BCUT2D eigenvalue weighted by Crippen LogP contribution is 2.19. The van der Waals surface area contributed by atoms with Gasteiger partial charge in [-0.25, -0.2) is 13.1 Å². The Hall–Kier alpha value is -0.580. The van der Waals surface area contributed by atoms with E-state index in [0.717, 1.165) is 18.4 Å². The van der Waals surface area contributed by atoms with Crippen molar-refractivity contribution in [2.75, 3.05) is 11.6 Å². The molecule has 0 aliphatic carbocycles. The minimum Gasteiger partial charge on any atom is -0.212 e. The van der Waals surface area contributed by atoms with Gasteiger partial charge in [0.05, 0.1) is 5.75 Å². The van der Waals surface area contributed by atoms with Crippen LogP contribution in [0.4, 0.5) is 0 Å². The highest BCUT2D eigenvalue weighted by molar-refractivity contribution is 7.89. The fourth-order valence-corrected chi connectivity index (χ4v) is 3.84. The van der Waals surface area contributed by atoms with Gasteiger partial charge in [-0.3, -0.25) is 0 Å². The lowest BCUT2D eigenvalue weighted by Crippen LogP contribution is -2.33. The first-order chi connectivity index (χ1) is 8.98. The van der Waals surface area contributed by atoms with E-state index in [1.807, 2.05) is 44.2 Å². The summed E-state index contributed by atoms with van der Waals surface area (Å²) in [4.78, 5) is 0. The van der Waals surface area contributed by atoms with E-state index in [1.54, 1.807) is 0 Å². The van der Waals surface area contributed by atoms with Gasteiger partial charge < -0.3 is 0 Å². The standard InChI is InChI=1S/C14H22ClNO2S/c1-3-7-14(13-8-5-4-6-9-13)16-19(17,18)11-12(2)10-15/h4-6,8-9,12,14,16H,3,7,10-11H2,1-2H3. The molecule has 0 fully saturated rings. The first kappa shape index (κ1) is 16.5. The van der Waals surface area contributed by atoms with Gasteiger partial charge in [-0.15, -0.1) is 11.6 Å². The smallest absolute Gasteiger partial charge is 0.212 e. The molecule has 1 aromatic carbocycles. The molecule has 0 spiro atoms. The van der Waals surface area contributed by atoms with Crippen LogP contribution in [0, 0.1) is 5.92 Å². The second-order valence-electron chi connectivity index (χ2n) is 4.91. The van der Waals surface area contributed by atoms with Crippen molar-refractivity contribution in [3.8, 4) is 0 Å². The van der Waals surface area contributed by atoms with Crippen LogP contribution in [-0.2, 0) is 10.0 Å². The summed E-state index contributed by atoms with van der Waals surface area (Å²) < 4.78 is 27.0. The molecular weight excluding hydrogens is 282 g/mol. The van der Waals surface area contributed by atoms with E-state index in [9.17, 15) is 8.42 Å². The average molecular weight is 304 g/mol. The van der Waals surface area contributed by atoms with E-state index in [4.69, 9.17) is 11.6 Å². The van der Waals surface area contributed by atoms with Gasteiger partial charge in [-0.1, -0.05) is 50.6 Å². The van der Waals surface area contributed by atoms with Crippen LogP contribution in [0.5, 0.6) is 0 Å². The Balaban J connectivity index is 2.79. The van der Waals surface area contributed by atoms with Crippen molar-refractivity contribution in [2.45, 2.75) is 32.7 Å². The Bertz CT molecular complexity index is 462. The Kier molecular flexibility index (Phi) is 6.83. The maximum atomic E-state index is 12.1. The van der Waals surface area contributed by atoms with Gasteiger partial charge in [-0.05, 0) is 17.9 Å². The number of sulfonamides is 1. The lowest BCUT2D eigenvalue weighted by Gasteiger charge is -2.19. The predicted octanol–water partition coefficient (Wildman–Crippen LogP) is 3.32. The Morgan fingerprint density at radius 1 is 1.26 bits per heavy atom. The minimum absolute atomic E-state index is 0.0442. The number of halogens is 1.